The van der Waals surface area contributed by atoms with Crippen LogP contribution < -0.4 is 9.64 Å². The van der Waals surface area contributed by atoms with Crippen LogP contribution in [0, 0.1) is 0 Å². The van der Waals surface area contributed by atoms with Crippen molar-refractivity contribution < 1.29 is 9.53 Å². The van der Waals surface area contributed by atoms with Crippen molar-refractivity contribution in [2.45, 2.75) is 12.8 Å². The minimum atomic E-state index is 0.433. The molecule has 94 valence electrons. The Labute approximate surface area is 107 Å². The third kappa shape index (κ3) is 4.27. The van der Waals surface area contributed by atoms with Crippen LogP contribution in [-0.4, -0.2) is 32.9 Å². The molecule has 17 heavy (non-hydrogen) atoms. The summed E-state index contributed by atoms with van der Waals surface area (Å²) in [6.07, 6.45) is 2.16. The van der Waals surface area contributed by atoms with Gasteiger partial charge < -0.3 is 14.4 Å². The fourth-order valence-corrected chi connectivity index (χ4v) is 1.60. The molecule has 0 bridgehead atoms. The van der Waals surface area contributed by atoms with Crippen molar-refractivity contribution >= 4 is 23.6 Å². The Bertz CT molecular complexity index is 366. The molecule has 0 saturated carbocycles. The number of carbonyl (C=O) groups is 1. The molecule has 1 aromatic carbocycles. The molecule has 0 N–H and O–H groups in total. The van der Waals surface area contributed by atoms with Gasteiger partial charge in [0, 0.05) is 26.4 Å². The number of hydrogen-bond donors (Lipinski definition) is 0. The van der Waals surface area contributed by atoms with Gasteiger partial charge in [0.2, 0.25) is 0 Å². The Morgan fingerprint density at radius 2 is 2.18 bits per heavy atom. The smallest absolute Gasteiger partial charge is 0.142 e. The van der Waals surface area contributed by atoms with E-state index in [1.807, 2.05) is 37.2 Å². The number of halogens is 1. The summed E-state index contributed by atoms with van der Waals surface area (Å²) in [5.41, 5.74) is 1.98. The normalized spacial score (nSPS) is 10.1. The average molecular weight is 256 g/mol. The topological polar surface area (TPSA) is 29.5 Å². The van der Waals surface area contributed by atoms with Crippen LogP contribution in [0.5, 0.6) is 5.75 Å². The summed E-state index contributed by atoms with van der Waals surface area (Å²) in [5.74, 6) is 1.43. The number of ether oxygens (including phenoxy) is 1. The van der Waals surface area contributed by atoms with Crippen molar-refractivity contribution in [2.24, 2.45) is 0 Å². The first kappa shape index (κ1) is 13.8. The van der Waals surface area contributed by atoms with E-state index < -0.39 is 0 Å². The van der Waals surface area contributed by atoms with Crippen molar-refractivity contribution in [3.8, 4) is 5.75 Å². The van der Waals surface area contributed by atoms with Crippen LogP contribution in [0.25, 0.3) is 0 Å². The fourth-order valence-electron chi connectivity index (χ4n) is 1.49. The maximum atomic E-state index is 10.5. The van der Waals surface area contributed by atoms with Crippen molar-refractivity contribution in [1.82, 2.24) is 0 Å². The second-order valence-corrected chi connectivity index (χ2v) is 4.34. The summed E-state index contributed by atoms with van der Waals surface area (Å²) >= 11 is 5.61. The predicted octanol–water partition coefficient (Wildman–Crippen LogP) is 2.50. The van der Waals surface area contributed by atoms with Gasteiger partial charge >= 0.3 is 0 Å². The predicted molar refractivity (Wildman–Crippen MR) is 71.4 cm³/mol. The molecule has 4 heteroatoms. The SMILES string of the molecule is CN(C)c1cc(CC=O)ccc1OCCCCl. The van der Waals surface area contributed by atoms with Crippen LogP contribution in [-0.2, 0) is 11.2 Å². The first-order valence-corrected chi connectivity index (χ1v) is 6.15. The van der Waals surface area contributed by atoms with Gasteiger partial charge in [-0.05, 0) is 24.1 Å². The third-order valence-electron chi connectivity index (χ3n) is 2.36. The number of alkyl halides is 1. The zero-order chi connectivity index (χ0) is 12.7. The lowest BCUT2D eigenvalue weighted by Gasteiger charge is -2.18. The highest BCUT2D eigenvalue weighted by Gasteiger charge is 2.07. The summed E-state index contributed by atoms with van der Waals surface area (Å²) < 4.78 is 5.66. The Kier molecular flexibility index (Phi) is 5.84. The molecular weight excluding hydrogens is 238 g/mol. The zero-order valence-electron chi connectivity index (χ0n) is 10.3. The van der Waals surface area contributed by atoms with Crippen LogP contribution in [0.2, 0.25) is 0 Å². The average Bonchev–Trinajstić information content (AvgIpc) is 2.31. The summed E-state index contributed by atoms with van der Waals surface area (Å²) in [5, 5.41) is 0. The zero-order valence-corrected chi connectivity index (χ0v) is 11.0. The first-order valence-electron chi connectivity index (χ1n) is 5.61. The Hall–Kier alpha value is -1.22. The summed E-state index contributed by atoms with van der Waals surface area (Å²) in [6.45, 7) is 0.608. The minimum Gasteiger partial charge on any atom is -0.491 e. The quantitative estimate of drug-likeness (QED) is 0.426. The van der Waals surface area contributed by atoms with Gasteiger partial charge in [-0.25, -0.2) is 0 Å². The van der Waals surface area contributed by atoms with E-state index in [0.29, 0.717) is 18.9 Å². The monoisotopic (exact) mass is 255 g/mol. The molecule has 0 fully saturated rings. The van der Waals surface area contributed by atoms with Crippen LogP contribution in [0.4, 0.5) is 5.69 Å². The second kappa shape index (κ2) is 7.17. The molecule has 0 aromatic heterocycles. The fraction of sp³-hybridized carbons (Fsp3) is 0.462. The van der Waals surface area contributed by atoms with E-state index in [1.165, 1.54) is 0 Å². The second-order valence-electron chi connectivity index (χ2n) is 3.96. The van der Waals surface area contributed by atoms with E-state index in [2.05, 4.69) is 0 Å². The Morgan fingerprint density at radius 3 is 2.76 bits per heavy atom. The van der Waals surface area contributed by atoms with E-state index in [9.17, 15) is 4.79 Å². The van der Waals surface area contributed by atoms with E-state index in [-0.39, 0.29) is 0 Å². The summed E-state index contributed by atoms with van der Waals surface area (Å²) in [6, 6.07) is 5.80. The molecule has 0 aliphatic heterocycles. The number of hydrogen-bond acceptors (Lipinski definition) is 3. The molecule has 0 atom stereocenters. The van der Waals surface area contributed by atoms with Gasteiger partial charge in [0.1, 0.15) is 12.0 Å². The van der Waals surface area contributed by atoms with Gasteiger partial charge in [0.25, 0.3) is 0 Å². The molecule has 0 radical (unpaired) electrons. The van der Waals surface area contributed by atoms with Gasteiger partial charge in [0.15, 0.2) is 0 Å². The highest BCUT2D eigenvalue weighted by molar-refractivity contribution is 6.17. The maximum Gasteiger partial charge on any atom is 0.142 e. The van der Waals surface area contributed by atoms with E-state index >= 15 is 0 Å². The van der Waals surface area contributed by atoms with Crippen LogP contribution in [0.15, 0.2) is 18.2 Å². The largest absolute Gasteiger partial charge is 0.491 e. The third-order valence-corrected chi connectivity index (χ3v) is 2.63. The van der Waals surface area contributed by atoms with Gasteiger partial charge in [-0.1, -0.05) is 6.07 Å². The molecule has 0 heterocycles. The van der Waals surface area contributed by atoms with Crippen LogP contribution >= 0.6 is 11.6 Å². The highest BCUT2D eigenvalue weighted by Crippen LogP contribution is 2.28. The first-order chi connectivity index (χ1) is 8.19. The highest BCUT2D eigenvalue weighted by atomic mass is 35.5. The molecule has 0 amide bonds. The Morgan fingerprint density at radius 1 is 1.41 bits per heavy atom. The van der Waals surface area contributed by atoms with Gasteiger partial charge in [-0.15, -0.1) is 11.6 Å². The van der Waals surface area contributed by atoms with Crippen LogP contribution in [0.3, 0.4) is 0 Å². The molecule has 0 aliphatic carbocycles. The van der Waals surface area contributed by atoms with Gasteiger partial charge in [-0.2, -0.15) is 0 Å². The van der Waals surface area contributed by atoms with Crippen molar-refractivity contribution in [3.63, 3.8) is 0 Å². The van der Waals surface area contributed by atoms with Crippen molar-refractivity contribution in [3.05, 3.63) is 23.8 Å². The lowest BCUT2D eigenvalue weighted by atomic mass is 10.1. The number of carbonyl (C=O) groups excluding carboxylic acids is 1. The minimum absolute atomic E-state index is 0.433. The molecule has 0 saturated heterocycles. The van der Waals surface area contributed by atoms with E-state index in [1.54, 1.807) is 0 Å². The van der Waals surface area contributed by atoms with Gasteiger partial charge in [0.05, 0.1) is 12.3 Å². The number of benzene rings is 1. The Balaban J connectivity index is 2.84. The number of nitrogens with zero attached hydrogens (tertiary/aromatic N) is 1. The number of rotatable bonds is 7. The van der Waals surface area contributed by atoms with E-state index in [0.717, 1.165) is 29.7 Å². The molecule has 0 unspecified atom stereocenters. The standard InChI is InChI=1S/C13H18ClNO2/c1-15(2)12-10-11(6-8-16)4-5-13(12)17-9-3-7-14/h4-5,8,10H,3,6-7,9H2,1-2H3. The summed E-state index contributed by atoms with van der Waals surface area (Å²) in [7, 11) is 3.91. The molecular formula is C13H18ClNO2. The molecule has 1 aromatic rings. The number of aldehydes is 1. The van der Waals surface area contributed by atoms with E-state index in [4.69, 9.17) is 16.3 Å². The number of anilines is 1. The lowest BCUT2D eigenvalue weighted by Crippen LogP contribution is -2.12. The molecule has 0 spiro atoms. The maximum absolute atomic E-state index is 10.5. The van der Waals surface area contributed by atoms with Crippen molar-refractivity contribution in [2.75, 3.05) is 31.5 Å². The van der Waals surface area contributed by atoms with Crippen LogP contribution in [0.1, 0.15) is 12.0 Å². The summed E-state index contributed by atoms with van der Waals surface area (Å²) in [4.78, 5) is 12.5. The molecule has 3 nitrogen and oxygen atoms in total. The molecule has 1 rings (SSSR count). The lowest BCUT2D eigenvalue weighted by molar-refractivity contribution is -0.107. The molecule has 0 aliphatic rings. The van der Waals surface area contributed by atoms with Crippen molar-refractivity contribution in [1.29, 1.82) is 0 Å². The van der Waals surface area contributed by atoms with Gasteiger partial charge in [-0.3, -0.25) is 0 Å².